The molecule has 5 nitrogen and oxygen atoms in total. The van der Waals surface area contributed by atoms with Crippen molar-refractivity contribution in [3.8, 4) is 0 Å². The first kappa shape index (κ1) is 20.6. The number of halogens is 2. The molecule has 0 spiro atoms. The molecule has 2 aliphatic rings. The molecule has 0 radical (unpaired) electrons. The molecule has 0 bridgehead atoms. The maximum Gasteiger partial charge on any atom is 0.227 e. The van der Waals surface area contributed by atoms with Gasteiger partial charge >= 0.3 is 0 Å². The molecule has 2 fully saturated rings. The van der Waals surface area contributed by atoms with Crippen molar-refractivity contribution in [1.29, 1.82) is 0 Å². The summed E-state index contributed by atoms with van der Waals surface area (Å²) in [6, 6.07) is 4.60. The van der Waals surface area contributed by atoms with Crippen molar-refractivity contribution in [2.24, 2.45) is 5.92 Å². The van der Waals surface area contributed by atoms with E-state index in [-0.39, 0.29) is 36.7 Å². The van der Waals surface area contributed by atoms with Crippen LogP contribution in [0.15, 0.2) is 18.2 Å². The fraction of sp³-hybridized carbons (Fsp3) is 0.632. The van der Waals surface area contributed by atoms with Crippen molar-refractivity contribution in [2.45, 2.75) is 51.6 Å². The van der Waals surface area contributed by atoms with Crippen molar-refractivity contribution in [2.75, 3.05) is 18.8 Å². The Morgan fingerprint density at radius 1 is 1.33 bits per heavy atom. The number of nitrogens with zero attached hydrogens (tertiary/aromatic N) is 2. The zero-order valence-corrected chi connectivity index (χ0v) is 17.1. The summed E-state index contributed by atoms with van der Waals surface area (Å²) in [5.74, 6) is -0.785. The predicted octanol–water partition coefficient (Wildman–Crippen LogP) is 3.42. The first-order chi connectivity index (χ1) is 12.8. The molecule has 1 amide bonds. The third kappa shape index (κ3) is 4.81. The van der Waals surface area contributed by atoms with Gasteiger partial charge in [0, 0.05) is 29.7 Å². The number of carbonyl (C=O) groups is 1. The monoisotopic (exact) mass is 416 g/mol. The molecule has 1 atom stereocenters. The molecule has 1 unspecified atom stereocenters. The first-order valence-corrected chi connectivity index (χ1v) is 11.5. The summed E-state index contributed by atoms with van der Waals surface area (Å²) in [5.41, 5.74) is 0.325. The average Bonchev–Trinajstić information content (AvgIpc) is 3.46. The van der Waals surface area contributed by atoms with Gasteiger partial charge in [-0.25, -0.2) is 17.1 Å². The smallest absolute Gasteiger partial charge is 0.227 e. The molecular weight excluding hydrogens is 391 g/mol. The Labute approximate surface area is 165 Å². The Kier molecular flexibility index (Phi) is 6.43. The van der Waals surface area contributed by atoms with E-state index in [1.807, 2.05) is 6.92 Å². The van der Waals surface area contributed by atoms with Crippen molar-refractivity contribution in [1.82, 2.24) is 9.21 Å². The second-order valence-electron chi connectivity index (χ2n) is 7.41. The zero-order valence-electron chi connectivity index (χ0n) is 15.5. The number of hydrogen-bond donors (Lipinski definition) is 0. The van der Waals surface area contributed by atoms with E-state index >= 15 is 0 Å². The average molecular weight is 417 g/mol. The van der Waals surface area contributed by atoms with E-state index in [2.05, 4.69) is 0 Å². The van der Waals surface area contributed by atoms with Gasteiger partial charge < -0.3 is 4.90 Å². The number of rotatable bonds is 7. The van der Waals surface area contributed by atoms with Gasteiger partial charge in [-0.15, -0.1) is 0 Å². The van der Waals surface area contributed by atoms with E-state index < -0.39 is 15.8 Å². The zero-order chi connectivity index (χ0) is 19.6. The first-order valence-electron chi connectivity index (χ1n) is 9.54. The Morgan fingerprint density at radius 2 is 2.07 bits per heavy atom. The summed E-state index contributed by atoms with van der Waals surface area (Å²) in [6.45, 7) is 2.65. The lowest BCUT2D eigenvalue weighted by atomic mass is 9.97. The van der Waals surface area contributed by atoms with E-state index in [4.69, 9.17) is 11.6 Å². The van der Waals surface area contributed by atoms with Crippen LogP contribution in [0.25, 0.3) is 0 Å². The van der Waals surface area contributed by atoms with Crippen LogP contribution >= 0.6 is 11.6 Å². The minimum Gasteiger partial charge on any atom is -0.335 e. The van der Waals surface area contributed by atoms with Gasteiger partial charge in [-0.3, -0.25) is 4.79 Å². The van der Waals surface area contributed by atoms with Gasteiger partial charge in [0.1, 0.15) is 5.82 Å². The van der Waals surface area contributed by atoms with Crippen LogP contribution < -0.4 is 0 Å². The molecule has 1 saturated heterocycles. The Morgan fingerprint density at radius 3 is 2.70 bits per heavy atom. The highest BCUT2D eigenvalue weighted by Crippen LogP contribution is 2.33. The van der Waals surface area contributed by atoms with Crippen molar-refractivity contribution < 1.29 is 17.6 Å². The fourth-order valence-electron chi connectivity index (χ4n) is 3.65. The second-order valence-corrected chi connectivity index (χ2v) is 9.91. The summed E-state index contributed by atoms with van der Waals surface area (Å²) >= 11 is 6.14. The fourth-order valence-corrected chi connectivity index (χ4v) is 5.46. The molecule has 150 valence electrons. The molecule has 1 aliphatic carbocycles. The highest BCUT2D eigenvalue weighted by Gasteiger charge is 2.39. The number of piperidine rings is 1. The van der Waals surface area contributed by atoms with Crippen LogP contribution in [0.4, 0.5) is 4.39 Å². The van der Waals surface area contributed by atoms with Crippen molar-refractivity contribution >= 4 is 27.5 Å². The van der Waals surface area contributed by atoms with Crippen LogP contribution in [0, 0.1) is 11.7 Å². The van der Waals surface area contributed by atoms with Crippen LogP contribution in [0.2, 0.25) is 5.02 Å². The van der Waals surface area contributed by atoms with Gasteiger partial charge in [-0.2, -0.15) is 0 Å². The molecule has 1 heterocycles. The highest BCUT2D eigenvalue weighted by atomic mass is 35.5. The number of benzene rings is 1. The summed E-state index contributed by atoms with van der Waals surface area (Å²) < 4.78 is 40.4. The standard InChI is InChI=1S/C19H26ClFN2O3S/c1-2-11-27(25,26)22-10-4-5-14(12-22)19(24)23(15-8-9-15)13-16-17(20)6-3-7-18(16)21/h3,6-7,14-15H,2,4-5,8-13H2,1H3. The van der Waals surface area contributed by atoms with Crippen molar-refractivity contribution in [3.63, 3.8) is 0 Å². The molecule has 1 aliphatic heterocycles. The quantitative estimate of drug-likeness (QED) is 0.684. The van der Waals surface area contributed by atoms with E-state index in [1.54, 1.807) is 17.0 Å². The minimum atomic E-state index is -3.32. The summed E-state index contributed by atoms with van der Waals surface area (Å²) in [5, 5.41) is 0.309. The molecule has 1 aromatic carbocycles. The lowest BCUT2D eigenvalue weighted by molar-refractivity contribution is -0.138. The maximum atomic E-state index is 14.2. The summed E-state index contributed by atoms with van der Waals surface area (Å²) in [6.07, 6.45) is 3.66. The maximum absolute atomic E-state index is 14.2. The summed E-state index contributed by atoms with van der Waals surface area (Å²) in [7, 11) is -3.32. The van der Waals surface area contributed by atoms with Gasteiger partial charge in [-0.1, -0.05) is 24.6 Å². The second kappa shape index (κ2) is 8.45. The van der Waals surface area contributed by atoms with Gasteiger partial charge in [-0.05, 0) is 44.2 Å². The van der Waals surface area contributed by atoms with E-state index in [1.165, 1.54) is 10.4 Å². The summed E-state index contributed by atoms with van der Waals surface area (Å²) in [4.78, 5) is 14.9. The lowest BCUT2D eigenvalue weighted by Gasteiger charge is -2.34. The van der Waals surface area contributed by atoms with E-state index in [0.29, 0.717) is 36.4 Å². The molecule has 1 saturated carbocycles. The number of carbonyl (C=O) groups excluding carboxylic acids is 1. The molecule has 0 N–H and O–H groups in total. The lowest BCUT2D eigenvalue weighted by Crippen LogP contribution is -2.47. The number of amides is 1. The molecule has 27 heavy (non-hydrogen) atoms. The van der Waals surface area contributed by atoms with Gasteiger partial charge in [0.2, 0.25) is 15.9 Å². The molecule has 1 aromatic rings. The third-order valence-corrected chi connectivity index (χ3v) is 7.65. The minimum absolute atomic E-state index is 0.0896. The van der Waals surface area contributed by atoms with Crippen molar-refractivity contribution in [3.05, 3.63) is 34.6 Å². The van der Waals surface area contributed by atoms with E-state index in [0.717, 1.165) is 12.8 Å². The van der Waals surface area contributed by atoms with Crippen LogP contribution in [0.5, 0.6) is 0 Å². The third-order valence-electron chi connectivity index (χ3n) is 5.25. The molecule has 3 rings (SSSR count). The molecule has 0 aromatic heterocycles. The van der Waals surface area contributed by atoms with Gasteiger partial charge in [0.15, 0.2) is 0 Å². The number of sulfonamides is 1. The van der Waals surface area contributed by atoms with Crippen LogP contribution in [-0.2, 0) is 21.4 Å². The van der Waals surface area contributed by atoms with Crippen LogP contribution in [0.1, 0.15) is 44.6 Å². The highest BCUT2D eigenvalue weighted by molar-refractivity contribution is 7.89. The Hall–Kier alpha value is -1.18. The SMILES string of the molecule is CCCS(=O)(=O)N1CCCC(C(=O)N(Cc2c(F)cccc2Cl)C2CC2)C1. The van der Waals surface area contributed by atoms with Crippen LogP contribution in [0.3, 0.4) is 0 Å². The van der Waals surface area contributed by atoms with Gasteiger partial charge in [0.05, 0.1) is 18.2 Å². The topological polar surface area (TPSA) is 57.7 Å². The van der Waals surface area contributed by atoms with Gasteiger partial charge in [0.25, 0.3) is 0 Å². The molecular formula is C19H26ClFN2O3S. The normalized spacial score (nSPS) is 21.2. The Balaban J connectivity index is 1.75. The van der Waals surface area contributed by atoms with E-state index in [9.17, 15) is 17.6 Å². The molecule has 8 heteroatoms. The largest absolute Gasteiger partial charge is 0.335 e. The Bertz CT molecular complexity index is 778. The number of hydrogen-bond acceptors (Lipinski definition) is 3. The predicted molar refractivity (Wildman–Crippen MR) is 103 cm³/mol. The van der Waals surface area contributed by atoms with Crippen LogP contribution in [-0.4, -0.2) is 48.4 Å².